The smallest absolute Gasteiger partial charge is 0.269 e. The van der Waals surface area contributed by atoms with Crippen molar-refractivity contribution in [3.63, 3.8) is 0 Å². The molecule has 0 radical (unpaired) electrons. The number of ether oxygens (including phenoxy) is 1. The highest BCUT2D eigenvalue weighted by molar-refractivity contribution is 5.76. The predicted molar refractivity (Wildman–Crippen MR) is 100 cm³/mol. The zero-order valence-corrected chi connectivity index (χ0v) is 14.8. The van der Waals surface area contributed by atoms with Gasteiger partial charge in [0.1, 0.15) is 17.0 Å². The van der Waals surface area contributed by atoms with Gasteiger partial charge in [0, 0.05) is 6.07 Å². The maximum Gasteiger partial charge on any atom is 0.269 e. The summed E-state index contributed by atoms with van der Waals surface area (Å²) in [5.41, 5.74) is 3.09. The number of hydrogen-bond donors (Lipinski definition) is 0. The van der Waals surface area contributed by atoms with Crippen LogP contribution in [0.25, 0.3) is 22.4 Å². The van der Waals surface area contributed by atoms with E-state index in [1.54, 1.807) is 22.6 Å². The average molecular weight is 346 g/mol. The first kappa shape index (κ1) is 16.1. The fourth-order valence-corrected chi connectivity index (χ4v) is 3.10. The van der Waals surface area contributed by atoms with Gasteiger partial charge in [0.15, 0.2) is 5.65 Å². The lowest BCUT2D eigenvalue weighted by atomic mass is 10.2. The highest BCUT2D eigenvalue weighted by atomic mass is 16.5. The summed E-state index contributed by atoms with van der Waals surface area (Å²) in [6, 6.07) is 15.2. The van der Waals surface area contributed by atoms with Crippen LogP contribution in [0.1, 0.15) is 11.4 Å². The predicted octanol–water partition coefficient (Wildman–Crippen LogP) is 3.20. The minimum atomic E-state index is -0.152. The fourth-order valence-electron chi connectivity index (χ4n) is 3.10. The number of aryl methyl sites for hydroxylation is 2. The second-order valence-corrected chi connectivity index (χ2v) is 6.08. The van der Waals surface area contributed by atoms with Crippen LogP contribution in [0, 0.1) is 13.8 Å². The third kappa shape index (κ3) is 2.47. The third-order valence-corrected chi connectivity index (χ3v) is 4.42. The Morgan fingerprint density at radius 2 is 1.85 bits per heavy atom. The Morgan fingerprint density at radius 1 is 1.04 bits per heavy atom. The van der Waals surface area contributed by atoms with E-state index in [2.05, 4.69) is 10.1 Å². The maximum atomic E-state index is 13.1. The molecule has 0 saturated carbocycles. The molecule has 0 atom stereocenters. The number of aromatic nitrogens is 4. The van der Waals surface area contributed by atoms with Crippen LogP contribution in [0.3, 0.4) is 0 Å². The van der Waals surface area contributed by atoms with E-state index in [4.69, 9.17) is 4.74 Å². The van der Waals surface area contributed by atoms with Crippen molar-refractivity contribution in [2.75, 3.05) is 7.11 Å². The number of benzene rings is 2. The molecule has 0 aliphatic heterocycles. The van der Waals surface area contributed by atoms with Gasteiger partial charge < -0.3 is 4.74 Å². The van der Waals surface area contributed by atoms with Crippen LogP contribution < -0.4 is 10.3 Å². The first-order valence-electron chi connectivity index (χ1n) is 8.28. The normalized spacial score (nSPS) is 11.0. The number of hydrogen-bond acceptors (Lipinski definition) is 4. The summed E-state index contributed by atoms with van der Waals surface area (Å²) in [5, 5.41) is 4.89. The van der Waals surface area contributed by atoms with E-state index in [0.717, 1.165) is 11.3 Å². The molecule has 0 N–H and O–H groups in total. The standard InChI is InChI=1S/C20H18N4O2/c1-13-7-4-5-10-18(13)24-19-17(12-21-24)20(25)23(14(2)22-19)15-8-6-9-16(11-15)26-3/h4-12H,1-3H3. The number of fused-ring (bicyclic) bond motifs is 1. The summed E-state index contributed by atoms with van der Waals surface area (Å²) in [7, 11) is 1.60. The summed E-state index contributed by atoms with van der Waals surface area (Å²) in [4.78, 5) is 17.8. The van der Waals surface area contributed by atoms with Crippen molar-refractivity contribution in [2.45, 2.75) is 13.8 Å². The van der Waals surface area contributed by atoms with Crippen molar-refractivity contribution in [1.29, 1.82) is 0 Å². The van der Waals surface area contributed by atoms with E-state index in [1.165, 1.54) is 0 Å². The molecule has 0 spiro atoms. The zero-order chi connectivity index (χ0) is 18.3. The van der Waals surface area contributed by atoms with Gasteiger partial charge in [-0.25, -0.2) is 9.67 Å². The largest absolute Gasteiger partial charge is 0.497 e. The lowest BCUT2D eigenvalue weighted by Crippen LogP contribution is -2.22. The summed E-state index contributed by atoms with van der Waals surface area (Å²) in [6.45, 7) is 3.82. The van der Waals surface area contributed by atoms with Crippen LogP contribution in [-0.2, 0) is 0 Å². The lowest BCUT2D eigenvalue weighted by molar-refractivity contribution is 0.414. The van der Waals surface area contributed by atoms with Crippen LogP contribution in [0.5, 0.6) is 5.75 Å². The molecule has 0 amide bonds. The summed E-state index contributed by atoms with van der Waals surface area (Å²) in [6.07, 6.45) is 1.58. The van der Waals surface area contributed by atoms with Crippen molar-refractivity contribution in [3.8, 4) is 17.1 Å². The number of para-hydroxylation sites is 1. The minimum Gasteiger partial charge on any atom is -0.497 e. The lowest BCUT2D eigenvalue weighted by Gasteiger charge is -2.12. The highest BCUT2D eigenvalue weighted by Gasteiger charge is 2.16. The van der Waals surface area contributed by atoms with E-state index < -0.39 is 0 Å². The molecule has 0 saturated heterocycles. The van der Waals surface area contributed by atoms with E-state index in [-0.39, 0.29) is 5.56 Å². The molecular weight excluding hydrogens is 328 g/mol. The van der Waals surface area contributed by atoms with E-state index in [0.29, 0.717) is 28.3 Å². The molecule has 6 heteroatoms. The van der Waals surface area contributed by atoms with Crippen LogP contribution in [-0.4, -0.2) is 26.4 Å². The van der Waals surface area contributed by atoms with Crippen molar-refractivity contribution < 1.29 is 4.74 Å². The summed E-state index contributed by atoms with van der Waals surface area (Å²) >= 11 is 0. The first-order valence-corrected chi connectivity index (χ1v) is 8.28. The van der Waals surface area contributed by atoms with Crippen molar-refractivity contribution >= 4 is 11.0 Å². The van der Waals surface area contributed by atoms with E-state index >= 15 is 0 Å². The highest BCUT2D eigenvalue weighted by Crippen LogP contribution is 2.20. The Balaban J connectivity index is 1.97. The van der Waals surface area contributed by atoms with Crippen molar-refractivity contribution in [2.24, 2.45) is 0 Å². The Hall–Kier alpha value is -3.41. The number of nitrogens with zero attached hydrogens (tertiary/aromatic N) is 4. The second-order valence-electron chi connectivity index (χ2n) is 6.08. The number of rotatable bonds is 3. The van der Waals surface area contributed by atoms with Crippen LogP contribution in [0.4, 0.5) is 0 Å². The minimum absolute atomic E-state index is 0.152. The van der Waals surface area contributed by atoms with Crippen LogP contribution in [0.15, 0.2) is 59.5 Å². The first-order chi connectivity index (χ1) is 12.6. The van der Waals surface area contributed by atoms with Gasteiger partial charge in [-0.05, 0) is 37.6 Å². The molecule has 6 nitrogen and oxygen atoms in total. The molecule has 4 aromatic rings. The summed E-state index contributed by atoms with van der Waals surface area (Å²) in [5.74, 6) is 1.27. The zero-order valence-electron chi connectivity index (χ0n) is 14.8. The van der Waals surface area contributed by atoms with Gasteiger partial charge in [0.25, 0.3) is 5.56 Å². The van der Waals surface area contributed by atoms with Gasteiger partial charge in [0.2, 0.25) is 0 Å². The van der Waals surface area contributed by atoms with E-state index in [1.807, 2.05) is 62.4 Å². The number of methoxy groups -OCH3 is 1. The Kier molecular flexibility index (Phi) is 3.80. The van der Waals surface area contributed by atoms with E-state index in [9.17, 15) is 4.79 Å². The molecule has 4 rings (SSSR count). The SMILES string of the molecule is COc1cccc(-n2c(C)nc3c(cnn3-c3ccccc3C)c2=O)c1. The van der Waals surface area contributed by atoms with Gasteiger partial charge in [-0.1, -0.05) is 24.3 Å². The molecule has 26 heavy (non-hydrogen) atoms. The molecule has 0 unspecified atom stereocenters. The molecule has 0 aliphatic rings. The Bertz CT molecular complexity index is 1170. The topological polar surface area (TPSA) is 61.9 Å². The molecular formula is C20H18N4O2. The van der Waals surface area contributed by atoms with Crippen LogP contribution in [0.2, 0.25) is 0 Å². The van der Waals surface area contributed by atoms with Crippen molar-refractivity contribution in [1.82, 2.24) is 19.3 Å². The average Bonchev–Trinajstić information content (AvgIpc) is 3.06. The Morgan fingerprint density at radius 3 is 2.62 bits per heavy atom. The second kappa shape index (κ2) is 6.15. The third-order valence-electron chi connectivity index (χ3n) is 4.42. The monoisotopic (exact) mass is 346 g/mol. The molecule has 0 fully saturated rings. The van der Waals surface area contributed by atoms with Gasteiger partial charge >= 0.3 is 0 Å². The van der Waals surface area contributed by atoms with Gasteiger partial charge in [-0.15, -0.1) is 0 Å². The molecule has 0 aliphatic carbocycles. The van der Waals surface area contributed by atoms with Gasteiger partial charge in [-0.2, -0.15) is 5.10 Å². The molecule has 2 heterocycles. The quantitative estimate of drug-likeness (QED) is 0.571. The van der Waals surface area contributed by atoms with Gasteiger partial charge in [-0.3, -0.25) is 9.36 Å². The molecule has 2 aromatic carbocycles. The summed E-state index contributed by atoms with van der Waals surface area (Å²) < 4.78 is 8.56. The fraction of sp³-hybridized carbons (Fsp3) is 0.150. The Labute approximate surface area is 150 Å². The molecule has 0 bridgehead atoms. The maximum absolute atomic E-state index is 13.1. The molecule has 2 aromatic heterocycles. The van der Waals surface area contributed by atoms with Crippen molar-refractivity contribution in [3.05, 3.63) is 76.5 Å². The van der Waals surface area contributed by atoms with Gasteiger partial charge in [0.05, 0.1) is 24.7 Å². The van der Waals surface area contributed by atoms with Crippen LogP contribution >= 0.6 is 0 Å². The molecule has 130 valence electrons.